The number of nitriles is 1. The van der Waals surface area contributed by atoms with Crippen LogP contribution in [0.5, 0.6) is 0 Å². The average Bonchev–Trinajstić information content (AvgIpc) is 2.63. The monoisotopic (exact) mass is 352 g/mol. The van der Waals surface area contributed by atoms with Gasteiger partial charge in [0, 0.05) is 11.9 Å². The van der Waals surface area contributed by atoms with Gasteiger partial charge in [0.05, 0.1) is 4.90 Å². The minimum absolute atomic E-state index is 0.0416. The molecule has 0 heterocycles. The average molecular weight is 352 g/mol. The maximum Gasteiger partial charge on any atom is 0.218 e. The number of allylic oxidation sites excluding steroid dienone is 1. The molecule has 124 valence electrons. The zero-order valence-corrected chi connectivity index (χ0v) is 13.8. The van der Waals surface area contributed by atoms with Crippen molar-refractivity contribution in [3.63, 3.8) is 0 Å². The number of sulfone groups is 1. The Labute approximate surface area is 144 Å². The Bertz CT molecular complexity index is 1100. The topological polar surface area (TPSA) is 70.0 Å². The zero-order chi connectivity index (χ0) is 17.9. The van der Waals surface area contributed by atoms with Crippen LogP contribution in [0.4, 0.5) is 10.1 Å². The lowest BCUT2D eigenvalue weighted by atomic mass is 10.1. The Morgan fingerprint density at radius 1 is 1.00 bits per heavy atom. The summed E-state index contributed by atoms with van der Waals surface area (Å²) in [4.78, 5) is -0.382. The molecule has 0 saturated heterocycles. The van der Waals surface area contributed by atoms with Crippen molar-refractivity contribution in [2.45, 2.75) is 4.90 Å². The van der Waals surface area contributed by atoms with Gasteiger partial charge in [-0.2, -0.15) is 5.26 Å². The quantitative estimate of drug-likeness (QED) is 0.714. The molecule has 0 aromatic heterocycles. The fourth-order valence-corrected chi connectivity index (χ4v) is 3.44. The van der Waals surface area contributed by atoms with E-state index in [1.54, 1.807) is 18.2 Å². The van der Waals surface area contributed by atoms with Crippen molar-refractivity contribution in [2.24, 2.45) is 0 Å². The molecule has 0 bridgehead atoms. The molecule has 0 spiro atoms. The minimum atomic E-state index is -3.96. The summed E-state index contributed by atoms with van der Waals surface area (Å²) in [6.45, 7) is 0. The number of hydrogen-bond donors (Lipinski definition) is 1. The van der Waals surface area contributed by atoms with E-state index in [2.05, 4.69) is 5.32 Å². The molecule has 0 aliphatic rings. The van der Waals surface area contributed by atoms with Gasteiger partial charge in [-0.05, 0) is 47.2 Å². The number of anilines is 1. The Balaban J connectivity index is 1.96. The smallest absolute Gasteiger partial charge is 0.218 e. The van der Waals surface area contributed by atoms with Crippen LogP contribution in [-0.4, -0.2) is 8.42 Å². The Morgan fingerprint density at radius 3 is 2.36 bits per heavy atom. The van der Waals surface area contributed by atoms with Gasteiger partial charge >= 0.3 is 0 Å². The summed E-state index contributed by atoms with van der Waals surface area (Å²) in [5.74, 6) is -0.404. The Kier molecular flexibility index (Phi) is 4.50. The number of benzene rings is 3. The van der Waals surface area contributed by atoms with Crippen LogP contribution in [0.3, 0.4) is 0 Å². The van der Waals surface area contributed by atoms with Gasteiger partial charge in [0.15, 0.2) is 4.91 Å². The third-order valence-electron chi connectivity index (χ3n) is 3.65. The number of halogens is 1. The van der Waals surface area contributed by atoms with Crippen LogP contribution in [0.1, 0.15) is 0 Å². The molecule has 0 amide bonds. The van der Waals surface area contributed by atoms with Crippen LogP contribution in [0.2, 0.25) is 0 Å². The van der Waals surface area contributed by atoms with Gasteiger partial charge in [0.25, 0.3) is 0 Å². The van der Waals surface area contributed by atoms with Gasteiger partial charge in [-0.15, -0.1) is 0 Å². The highest BCUT2D eigenvalue weighted by Gasteiger charge is 2.21. The molecule has 4 nitrogen and oxygen atoms in total. The fourth-order valence-electron chi connectivity index (χ4n) is 2.33. The van der Waals surface area contributed by atoms with E-state index in [9.17, 15) is 18.1 Å². The lowest BCUT2D eigenvalue weighted by Gasteiger charge is -2.06. The maximum atomic E-state index is 12.9. The first kappa shape index (κ1) is 16.7. The van der Waals surface area contributed by atoms with Crippen LogP contribution >= 0.6 is 0 Å². The number of nitrogens with one attached hydrogen (secondary N) is 1. The first-order valence-corrected chi connectivity index (χ1v) is 8.85. The molecule has 0 atom stereocenters. The molecule has 0 radical (unpaired) electrons. The van der Waals surface area contributed by atoms with Crippen molar-refractivity contribution in [2.75, 3.05) is 5.32 Å². The van der Waals surface area contributed by atoms with Crippen molar-refractivity contribution in [1.82, 2.24) is 0 Å². The van der Waals surface area contributed by atoms with E-state index >= 15 is 0 Å². The van der Waals surface area contributed by atoms with E-state index in [0.717, 1.165) is 17.0 Å². The van der Waals surface area contributed by atoms with Crippen LogP contribution in [0, 0.1) is 17.1 Å². The highest BCUT2D eigenvalue weighted by Crippen LogP contribution is 2.24. The summed E-state index contributed by atoms with van der Waals surface area (Å²) in [6.07, 6.45) is 1.11. The molecular weight excluding hydrogens is 339 g/mol. The van der Waals surface area contributed by atoms with Gasteiger partial charge in [-0.3, -0.25) is 0 Å². The van der Waals surface area contributed by atoms with E-state index < -0.39 is 20.6 Å². The van der Waals surface area contributed by atoms with Crippen LogP contribution < -0.4 is 5.32 Å². The van der Waals surface area contributed by atoms with E-state index in [0.29, 0.717) is 5.69 Å². The normalized spacial score (nSPS) is 11.9. The second kappa shape index (κ2) is 6.75. The number of rotatable bonds is 4. The minimum Gasteiger partial charge on any atom is -0.360 e. The van der Waals surface area contributed by atoms with Crippen molar-refractivity contribution >= 4 is 26.3 Å². The van der Waals surface area contributed by atoms with E-state index in [1.165, 1.54) is 36.4 Å². The fraction of sp³-hybridized carbons (Fsp3) is 0. The first-order valence-electron chi connectivity index (χ1n) is 7.37. The van der Waals surface area contributed by atoms with Gasteiger partial charge in [-0.1, -0.05) is 30.3 Å². The SMILES string of the molecule is N#C/C(=C\Nc1ccc(F)cc1)S(=O)(=O)c1ccc2ccccc2c1. The van der Waals surface area contributed by atoms with Crippen LogP contribution in [-0.2, 0) is 9.84 Å². The van der Waals surface area contributed by atoms with E-state index in [4.69, 9.17) is 0 Å². The third-order valence-corrected chi connectivity index (χ3v) is 5.31. The molecule has 6 heteroatoms. The summed E-state index contributed by atoms with van der Waals surface area (Å²) < 4.78 is 38.3. The molecule has 0 fully saturated rings. The second-order valence-corrected chi connectivity index (χ2v) is 7.20. The van der Waals surface area contributed by atoms with Crippen molar-refractivity contribution in [3.05, 3.63) is 83.7 Å². The summed E-state index contributed by atoms with van der Waals surface area (Å²) in [5, 5.41) is 13.6. The molecule has 25 heavy (non-hydrogen) atoms. The molecule has 3 aromatic carbocycles. The molecule has 0 aliphatic carbocycles. The van der Waals surface area contributed by atoms with Crippen molar-refractivity contribution < 1.29 is 12.8 Å². The number of hydrogen-bond acceptors (Lipinski definition) is 4. The van der Waals surface area contributed by atoms with Crippen LogP contribution in [0.25, 0.3) is 10.8 Å². The molecular formula is C19H13FN2O2S. The number of fused-ring (bicyclic) bond motifs is 1. The predicted octanol–water partition coefficient (Wildman–Crippen LogP) is 4.23. The molecule has 0 aliphatic heterocycles. The molecule has 3 rings (SSSR count). The Morgan fingerprint density at radius 2 is 1.68 bits per heavy atom. The largest absolute Gasteiger partial charge is 0.360 e. The molecule has 0 unspecified atom stereocenters. The first-order chi connectivity index (χ1) is 12.0. The van der Waals surface area contributed by atoms with E-state index in [-0.39, 0.29) is 4.90 Å². The summed E-state index contributed by atoms with van der Waals surface area (Å²) in [6, 6.07) is 19.1. The summed E-state index contributed by atoms with van der Waals surface area (Å²) >= 11 is 0. The molecule has 1 N–H and O–H groups in total. The highest BCUT2D eigenvalue weighted by atomic mass is 32.2. The maximum absolute atomic E-state index is 12.9. The van der Waals surface area contributed by atoms with Gasteiger partial charge < -0.3 is 5.32 Å². The standard InChI is InChI=1S/C19H13FN2O2S/c20-16-6-8-17(9-7-16)22-13-19(12-21)25(23,24)18-10-5-14-3-1-2-4-15(14)11-18/h1-11,13,22H/b19-13+. The molecule has 3 aromatic rings. The van der Waals surface area contributed by atoms with Gasteiger partial charge in [-0.25, -0.2) is 12.8 Å². The summed E-state index contributed by atoms with van der Waals surface area (Å²) in [7, 11) is -3.96. The highest BCUT2D eigenvalue weighted by molar-refractivity contribution is 7.95. The lowest BCUT2D eigenvalue weighted by Crippen LogP contribution is -2.05. The van der Waals surface area contributed by atoms with Gasteiger partial charge in [0.2, 0.25) is 9.84 Å². The summed E-state index contributed by atoms with van der Waals surface area (Å²) in [5.41, 5.74) is 0.475. The predicted molar refractivity (Wildman–Crippen MR) is 94.9 cm³/mol. The zero-order valence-electron chi connectivity index (χ0n) is 13.0. The van der Waals surface area contributed by atoms with Crippen molar-refractivity contribution in [1.29, 1.82) is 5.26 Å². The van der Waals surface area contributed by atoms with Crippen LogP contribution in [0.15, 0.2) is 82.7 Å². The molecule has 0 saturated carbocycles. The second-order valence-electron chi connectivity index (χ2n) is 5.28. The van der Waals surface area contributed by atoms with Crippen molar-refractivity contribution in [3.8, 4) is 6.07 Å². The Hall–Kier alpha value is -3.17. The number of nitrogens with zero attached hydrogens (tertiary/aromatic N) is 1. The lowest BCUT2D eigenvalue weighted by molar-refractivity contribution is 0.603. The third kappa shape index (κ3) is 3.52. The van der Waals surface area contributed by atoms with E-state index in [1.807, 2.05) is 18.2 Å². The van der Waals surface area contributed by atoms with Gasteiger partial charge in [0.1, 0.15) is 11.9 Å².